The number of hydrogen-bond acceptors (Lipinski definition) is 2. The second-order valence-electron chi connectivity index (χ2n) is 3.47. The molecule has 0 aliphatic heterocycles. The van der Waals surface area contributed by atoms with E-state index in [0.29, 0.717) is 6.42 Å². The van der Waals surface area contributed by atoms with Crippen molar-refractivity contribution in [1.82, 2.24) is 0 Å². The number of aliphatic hydroxyl groups excluding tert-OH is 1. The maximum absolute atomic E-state index is 10.6. The second kappa shape index (κ2) is 5.75. The van der Waals surface area contributed by atoms with Gasteiger partial charge in [0.25, 0.3) is 0 Å². The third kappa shape index (κ3) is 4.68. The van der Waals surface area contributed by atoms with Crippen molar-refractivity contribution < 1.29 is 15.0 Å². The van der Waals surface area contributed by atoms with Crippen LogP contribution in [0.3, 0.4) is 0 Å². The van der Waals surface area contributed by atoms with Crippen LogP contribution in [-0.2, 0) is 4.79 Å². The Kier molecular flexibility index (Phi) is 5.39. The summed E-state index contributed by atoms with van der Waals surface area (Å²) in [5, 5.41) is 18.1. The van der Waals surface area contributed by atoms with Crippen LogP contribution < -0.4 is 0 Å². The molecule has 0 spiro atoms. The summed E-state index contributed by atoms with van der Waals surface area (Å²) in [7, 11) is 0. The molecule has 3 heteroatoms. The molecule has 2 N–H and O–H groups in total. The zero-order valence-electron chi connectivity index (χ0n) is 8.40. The van der Waals surface area contributed by atoms with Gasteiger partial charge < -0.3 is 10.2 Å². The fourth-order valence-corrected chi connectivity index (χ4v) is 0.863. The smallest absolute Gasteiger partial charge is 0.310 e. The Morgan fingerprint density at radius 1 is 1.38 bits per heavy atom. The van der Waals surface area contributed by atoms with Crippen molar-refractivity contribution in [3.63, 3.8) is 0 Å². The molecule has 0 saturated heterocycles. The lowest BCUT2D eigenvalue weighted by molar-refractivity contribution is -0.140. The first-order valence-electron chi connectivity index (χ1n) is 4.58. The molecule has 0 bridgehead atoms. The first kappa shape index (κ1) is 12.2. The van der Waals surface area contributed by atoms with Crippen LogP contribution in [0.1, 0.15) is 27.2 Å². The van der Waals surface area contributed by atoms with E-state index in [1.54, 1.807) is 12.2 Å². The van der Waals surface area contributed by atoms with Gasteiger partial charge in [0.05, 0.1) is 12.0 Å². The summed E-state index contributed by atoms with van der Waals surface area (Å²) in [6.45, 7) is 5.58. The summed E-state index contributed by atoms with van der Waals surface area (Å²) in [6.07, 6.45) is 3.13. The molecule has 2 unspecified atom stereocenters. The topological polar surface area (TPSA) is 57.5 Å². The van der Waals surface area contributed by atoms with Crippen LogP contribution in [0, 0.1) is 11.8 Å². The van der Waals surface area contributed by atoms with Crippen LogP contribution in [0.15, 0.2) is 12.2 Å². The predicted molar refractivity (Wildman–Crippen MR) is 51.4 cm³/mol. The van der Waals surface area contributed by atoms with E-state index in [2.05, 4.69) is 0 Å². The summed E-state index contributed by atoms with van der Waals surface area (Å²) < 4.78 is 0. The maximum atomic E-state index is 10.6. The van der Waals surface area contributed by atoms with Crippen molar-refractivity contribution in [1.29, 1.82) is 0 Å². The van der Waals surface area contributed by atoms with Gasteiger partial charge in [-0.15, -0.1) is 0 Å². The first-order chi connectivity index (χ1) is 5.99. The molecule has 3 nitrogen and oxygen atoms in total. The van der Waals surface area contributed by atoms with E-state index in [-0.39, 0.29) is 5.92 Å². The average molecular weight is 186 g/mol. The van der Waals surface area contributed by atoms with Gasteiger partial charge >= 0.3 is 5.97 Å². The zero-order valence-corrected chi connectivity index (χ0v) is 8.40. The van der Waals surface area contributed by atoms with Gasteiger partial charge in [-0.3, -0.25) is 4.79 Å². The molecule has 0 aliphatic carbocycles. The van der Waals surface area contributed by atoms with Gasteiger partial charge in [0.1, 0.15) is 0 Å². The molecule has 0 aromatic heterocycles. The fraction of sp³-hybridized carbons (Fsp3) is 0.700. The van der Waals surface area contributed by atoms with Crippen LogP contribution >= 0.6 is 0 Å². The van der Waals surface area contributed by atoms with E-state index >= 15 is 0 Å². The third-order valence-electron chi connectivity index (χ3n) is 1.98. The zero-order chi connectivity index (χ0) is 10.4. The van der Waals surface area contributed by atoms with Crippen molar-refractivity contribution in [3.05, 3.63) is 12.2 Å². The molecule has 0 fully saturated rings. The molecule has 0 aromatic rings. The molecule has 0 aromatic carbocycles. The van der Waals surface area contributed by atoms with Crippen LogP contribution in [-0.4, -0.2) is 22.3 Å². The standard InChI is InChI=1S/C10H18O3/c1-4-8(10(12)13)5-6-9(11)7(2)3/h5-9,11H,4H2,1-3H3,(H,12,13)/b6-5-. The van der Waals surface area contributed by atoms with Gasteiger partial charge in [-0.25, -0.2) is 0 Å². The van der Waals surface area contributed by atoms with Crippen molar-refractivity contribution >= 4 is 5.97 Å². The lowest BCUT2D eigenvalue weighted by Crippen LogP contribution is -2.14. The van der Waals surface area contributed by atoms with E-state index in [1.165, 1.54) is 0 Å². The Labute approximate surface area is 79.1 Å². The summed E-state index contributed by atoms with van der Waals surface area (Å²) in [6, 6.07) is 0. The van der Waals surface area contributed by atoms with Crippen LogP contribution in [0.4, 0.5) is 0 Å². The lowest BCUT2D eigenvalue weighted by atomic mass is 10.0. The summed E-state index contributed by atoms with van der Waals surface area (Å²) in [5.74, 6) is -1.19. The quantitative estimate of drug-likeness (QED) is 0.642. The SMILES string of the molecule is CCC(/C=C\C(O)C(C)C)C(=O)O. The normalized spacial score (nSPS) is 16.4. The molecule has 13 heavy (non-hydrogen) atoms. The molecule has 0 radical (unpaired) electrons. The van der Waals surface area contributed by atoms with E-state index in [9.17, 15) is 9.90 Å². The van der Waals surface area contributed by atoms with Crippen LogP contribution in [0.5, 0.6) is 0 Å². The van der Waals surface area contributed by atoms with E-state index in [0.717, 1.165) is 0 Å². The van der Waals surface area contributed by atoms with Gasteiger partial charge in [0, 0.05) is 0 Å². The number of aliphatic hydroxyl groups is 1. The van der Waals surface area contributed by atoms with Crippen molar-refractivity contribution in [3.8, 4) is 0 Å². The number of carboxylic acids is 1. The molecule has 0 rings (SSSR count). The second-order valence-corrected chi connectivity index (χ2v) is 3.47. The van der Waals surface area contributed by atoms with Crippen molar-refractivity contribution in [2.24, 2.45) is 11.8 Å². The minimum absolute atomic E-state index is 0.127. The van der Waals surface area contributed by atoms with E-state index < -0.39 is 18.0 Å². The number of aliphatic carboxylic acids is 1. The van der Waals surface area contributed by atoms with E-state index in [1.807, 2.05) is 20.8 Å². The third-order valence-corrected chi connectivity index (χ3v) is 1.98. The lowest BCUT2D eigenvalue weighted by Gasteiger charge is -2.10. The minimum Gasteiger partial charge on any atom is -0.481 e. The molecule has 0 saturated carbocycles. The van der Waals surface area contributed by atoms with Crippen molar-refractivity contribution in [2.75, 3.05) is 0 Å². The largest absolute Gasteiger partial charge is 0.481 e. The Bertz CT molecular complexity index is 185. The summed E-state index contributed by atoms with van der Waals surface area (Å²) >= 11 is 0. The number of carbonyl (C=O) groups is 1. The van der Waals surface area contributed by atoms with Gasteiger partial charge in [-0.1, -0.05) is 32.9 Å². The molecular weight excluding hydrogens is 168 g/mol. The Balaban J connectivity index is 4.14. The molecule has 0 amide bonds. The average Bonchev–Trinajstić information content (AvgIpc) is 2.04. The number of hydrogen-bond donors (Lipinski definition) is 2. The Morgan fingerprint density at radius 2 is 1.92 bits per heavy atom. The van der Waals surface area contributed by atoms with Gasteiger partial charge in [0.15, 0.2) is 0 Å². The molecule has 2 atom stereocenters. The highest BCUT2D eigenvalue weighted by atomic mass is 16.4. The number of carboxylic acid groups (broad SMARTS) is 1. The summed E-state index contributed by atoms with van der Waals surface area (Å²) in [4.78, 5) is 10.6. The monoisotopic (exact) mass is 186 g/mol. The predicted octanol–water partition coefficient (Wildman–Crippen LogP) is 1.67. The summed E-state index contributed by atoms with van der Waals surface area (Å²) in [5.41, 5.74) is 0. The molecule has 0 heterocycles. The Morgan fingerprint density at radius 3 is 2.23 bits per heavy atom. The number of rotatable bonds is 5. The Hall–Kier alpha value is -0.830. The molecule has 0 aliphatic rings. The fourth-order valence-electron chi connectivity index (χ4n) is 0.863. The van der Waals surface area contributed by atoms with Crippen molar-refractivity contribution in [2.45, 2.75) is 33.3 Å². The van der Waals surface area contributed by atoms with Crippen LogP contribution in [0.2, 0.25) is 0 Å². The molecular formula is C10H18O3. The van der Waals surface area contributed by atoms with E-state index in [4.69, 9.17) is 5.11 Å². The minimum atomic E-state index is -0.838. The van der Waals surface area contributed by atoms with Gasteiger partial charge in [-0.2, -0.15) is 0 Å². The molecule has 76 valence electrons. The highest BCUT2D eigenvalue weighted by molar-refractivity contribution is 5.71. The van der Waals surface area contributed by atoms with Crippen LogP contribution in [0.25, 0.3) is 0 Å². The highest BCUT2D eigenvalue weighted by Crippen LogP contribution is 2.08. The van der Waals surface area contributed by atoms with Gasteiger partial charge in [0.2, 0.25) is 0 Å². The first-order valence-corrected chi connectivity index (χ1v) is 4.58. The highest BCUT2D eigenvalue weighted by Gasteiger charge is 2.12. The van der Waals surface area contributed by atoms with Gasteiger partial charge in [-0.05, 0) is 12.3 Å². The maximum Gasteiger partial charge on any atom is 0.310 e.